The highest BCUT2D eigenvalue weighted by Gasteiger charge is 2.34. The SMILES string of the molecule is N#CC1(Nc2ccc(OC(F)F)cc2)CCN(Cc2ccccc2)CC1. The van der Waals surface area contributed by atoms with Crippen LogP contribution in [0.1, 0.15) is 18.4 Å². The highest BCUT2D eigenvalue weighted by atomic mass is 19.3. The predicted octanol–water partition coefficient (Wildman–Crippen LogP) is 4.26. The van der Waals surface area contributed by atoms with Gasteiger partial charge in [-0.05, 0) is 42.7 Å². The molecular formula is C20H21F2N3O. The molecule has 1 N–H and O–H groups in total. The zero-order valence-corrected chi connectivity index (χ0v) is 14.4. The van der Waals surface area contributed by atoms with Crippen LogP contribution in [0.3, 0.4) is 0 Å². The summed E-state index contributed by atoms with van der Waals surface area (Å²) in [6.07, 6.45) is 1.40. The number of nitrogens with one attached hydrogen (secondary N) is 1. The number of nitriles is 1. The van der Waals surface area contributed by atoms with Gasteiger partial charge < -0.3 is 10.1 Å². The van der Waals surface area contributed by atoms with Crippen LogP contribution in [0.2, 0.25) is 0 Å². The molecule has 1 fully saturated rings. The Kier molecular flexibility index (Phi) is 5.69. The summed E-state index contributed by atoms with van der Waals surface area (Å²) in [5.41, 5.74) is 1.35. The van der Waals surface area contributed by atoms with Crippen molar-refractivity contribution < 1.29 is 13.5 Å². The molecule has 0 aromatic heterocycles. The van der Waals surface area contributed by atoms with E-state index in [-0.39, 0.29) is 5.75 Å². The van der Waals surface area contributed by atoms with Crippen molar-refractivity contribution in [3.63, 3.8) is 0 Å². The number of rotatable bonds is 6. The molecule has 0 spiro atoms. The second-order valence-electron chi connectivity index (χ2n) is 6.48. The van der Waals surface area contributed by atoms with E-state index in [1.54, 1.807) is 12.1 Å². The molecule has 0 amide bonds. The summed E-state index contributed by atoms with van der Waals surface area (Å²) in [5, 5.41) is 13.0. The van der Waals surface area contributed by atoms with Gasteiger partial charge in [-0.25, -0.2) is 0 Å². The number of hydrogen-bond donors (Lipinski definition) is 1. The first-order valence-electron chi connectivity index (χ1n) is 8.59. The number of benzene rings is 2. The molecule has 0 unspecified atom stereocenters. The third-order valence-electron chi connectivity index (χ3n) is 4.64. The molecule has 1 saturated heterocycles. The van der Waals surface area contributed by atoms with Crippen molar-refractivity contribution in [3.8, 4) is 11.8 Å². The van der Waals surface area contributed by atoms with Crippen LogP contribution in [-0.2, 0) is 6.54 Å². The maximum Gasteiger partial charge on any atom is 0.387 e. The van der Waals surface area contributed by atoms with Crippen molar-refractivity contribution in [1.82, 2.24) is 4.90 Å². The second kappa shape index (κ2) is 8.15. The predicted molar refractivity (Wildman–Crippen MR) is 96.0 cm³/mol. The molecule has 3 rings (SSSR count). The third-order valence-corrected chi connectivity index (χ3v) is 4.64. The van der Waals surface area contributed by atoms with Gasteiger partial charge in [0.05, 0.1) is 6.07 Å². The van der Waals surface area contributed by atoms with Gasteiger partial charge in [0, 0.05) is 25.3 Å². The average Bonchev–Trinajstić information content (AvgIpc) is 2.66. The second-order valence-corrected chi connectivity index (χ2v) is 6.48. The fourth-order valence-electron chi connectivity index (χ4n) is 3.20. The number of alkyl halides is 2. The van der Waals surface area contributed by atoms with Crippen LogP contribution in [-0.4, -0.2) is 30.1 Å². The van der Waals surface area contributed by atoms with Gasteiger partial charge in [-0.2, -0.15) is 14.0 Å². The van der Waals surface area contributed by atoms with Gasteiger partial charge in [0.25, 0.3) is 0 Å². The van der Waals surface area contributed by atoms with E-state index in [0.717, 1.165) is 25.3 Å². The Bertz CT molecular complexity index is 736. The fourth-order valence-corrected chi connectivity index (χ4v) is 3.20. The van der Waals surface area contributed by atoms with E-state index in [1.807, 2.05) is 18.2 Å². The van der Waals surface area contributed by atoms with E-state index in [0.29, 0.717) is 12.8 Å². The van der Waals surface area contributed by atoms with E-state index in [1.165, 1.54) is 17.7 Å². The van der Waals surface area contributed by atoms with Crippen molar-refractivity contribution in [2.75, 3.05) is 18.4 Å². The Morgan fingerprint density at radius 2 is 1.73 bits per heavy atom. The molecule has 2 aromatic carbocycles. The molecule has 26 heavy (non-hydrogen) atoms. The summed E-state index contributed by atoms with van der Waals surface area (Å²) >= 11 is 0. The molecule has 1 heterocycles. The number of anilines is 1. The van der Waals surface area contributed by atoms with Crippen molar-refractivity contribution in [1.29, 1.82) is 5.26 Å². The Labute approximate surface area is 152 Å². The lowest BCUT2D eigenvalue weighted by atomic mass is 9.88. The highest BCUT2D eigenvalue weighted by molar-refractivity contribution is 5.50. The lowest BCUT2D eigenvalue weighted by Gasteiger charge is -2.38. The molecule has 0 bridgehead atoms. The van der Waals surface area contributed by atoms with Crippen molar-refractivity contribution in [3.05, 3.63) is 60.2 Å². The van der Waals surface area contributed by atoms with E-state index in [4.69, 9.17) is 0 Å². The van der Waals surface area contributed by atoms with Gasteiger partial charge in [0.2, 0.25) is 0 Å². The maximum atomic E-state index is 12.2. The van der Waals surface area contributed by atoms with Crippen molar-refractivity contribution in [2.45, 2.75) is 31.5 Å². The van der Waals surface area contributed by atoms with E-state index in [2.05, 4.69) is 33.2 Å². The highest BCUT2D eigenvalue weighted by Crippen LogP contribution is 2.28. The van der Waals surface area contributed by atoms with Gasteiger partial charge in [-0.15, -0.1) is 0 Å². The zero-order chi connectivity index (χ0) is 18.4. The first-order chi connectivity index (χ1) is 12.6. The number of ether oxygens (including phenoxy) is 1. The molecule has 0 radical (unpaired) electrons. The van der Waals surface area contributed by atoms with E-state index >= 15 is 0 Å². The number of piperidine rings is 1. The minimum atomic E-state index is -2.84. The molecule has 136 valence electrons. The van der Waals surface area contributed by atoms with Gasteiger partial charge in [0.1, 0.15) is 11.3 Å². The Balaban J connectivity index is 1.58. The van der Waals surface area contributed by atoms with Gasteiger partial charge >= 0.3 is 6.61 Å². The average molecular weight is 357 g/mol. The molecule has 2 aromatic rings. The van der Waals surface area contributed by atoms with Crippen LogP contribution in [0.5, 0.6) is 5.75 Å². The largest absolute Gasteiger partial charge is 0.435 e. The van der Waals surface area contributed by atoms with Gasteiger partial charge in [-0.1, -0.05) is 30.3 Å². The molecule has 1 aliphatic rings. The summed E-state index contributed by atoms with van der Waals surface area (Å²) in [6, 6.07) is 19.0. The minimum Gasteiger partial charge on any atom is -0.435 e. The lowest BCUT2D eigenvalue weighted by molar-refractivity contribution is -0.0498. The van der Waals surface area contributed by atoms with E-state index in [9.17, 15) is 14.0 Å². The first-order valence-corrected chi connectivity index (χ1v) is 8.59. The molecule has 4 nitrogen and oxygen atoms in total. The normalized spacial score (nSPS) is 16.8. The molecule has 0 atom stereocenters. The van der Waals surface area contributed by atoms with Crippen LogP contribution in [0.25, 0.3) is 0 Å². The van der Waals surface area contributed by atoms with Crippen LogP contribution in [0.15, 0.2) is 54.6 Å². The van der Waals surface area contributed by atoms with Crippen molar-refractivity contribution >= 4 is 5.69 Å². The number of nitrogens with zero attached hydrogens (tertiary/aromatic N) is 2. The Morgan fingerprint density at radius 1 is 1.08 bits per heavy atom. The van der Waals surface area contributed by atoms with Gasteiger partial charge in [0.15, 0.2) is 0 Å². The fraction of sp³-hybridized carbons (Fsp3) is 0.350. The third kappa shape index (κ3) is 4.70. The number of halogens is 2. The minimum absolute atomic E-state index is 0.106. The lowest BCUT2D eigenvalue weighted by Crippen LogP contribution is -2.48. The summed E-state index contributed by atoms with van der Waals surface area (Å²) < 4.78 is 28.8. The standard InChI is InChI=1S/C20H21F2N3O/c21-19(22)26-18-8-6-17(7-9-18)24-20(15-23)10-12-25(13-11-20)14-16-4-2-1-3-5-16/h1-9,19,24H,10-14H2. The molecular weight excluding hydrogens is 336 g/mol. The first kappa shape index (κ1) is 18.2. The molecule has 0 saturated carbocycles. The van der Waals surface area contributed by atoms with Crippen LogP contribution in [0.4, 0.5) is 14.5 Å². The van der Waals surface area contributed by atoms with Crippen molar-refractivity contribution in [2.24, 2.45) is 0 Å². The Hall–Kier alpha value is -2.65. The topological polar surface area (TPSA) is 48.3 Å². The van der Waals surface area contributed by atoms with Crippen LogP contribution >= 0.6 is 0 Å². The summed E-state index contributed by atoms with van der Waals surface area (Å²) in [4.78, 5) is 2.34. The number of likely N-dealkylation sites (tertiary alicyclic amines) is 1. The number of hydrogen-bond acceptors (Lipinski definition) is 4. The van der Waals surface area contributed by atoms with Crippen LogP contribution in [0, 0.1) is 11.3 Å². The van der Waals surface area contributed by atoms with Gasteiger partial charge in [-0.3, -0.25) is 4.90 Å². The molecule has 1 aliphatic heterocycles. The molecule has 0 aliphatic carbocycles. The summed E-state index contributed by atoms with van der Waals surface area (Å²) in [7, 11) is 0. The monoisotopic (exact) mass is 357 g/mol. The maximum absolute atomic E-state index is 12.2. The zero-order valence-electron chi connectivity index (χ0n) is 14.4. The summed E-state index contributed by atoms with van der Waals surface area (Å²) in [6.45, 7) is -0.320. The van der Waals surface area contributed by atoms with E-state index < -0.39 is 12.2 Å². The summed E-state index contributed by atoms with van der Waals surface area (Å²) in [5.74, 6) is 0.106. The van der Waals surface area contributed by atoms with Crippen LogP contribution < -0.4 is 10.1 Å². The smallest absolute Gasteiger partial charge is 0.387 e. The quantitative estimate of drug-likeness (QED) is 0.839. The Morgan fingerprint density at radius 3 is 2.31 bits per heavy atom. The molecule has 6 heteroatoms.